The van der Waals surface area contributed by atoms with Gasteiger partial charge in [0.05, 0.1) is 0 Å². The molecule has 13 heavy (non-hydrogen) atoms. The second-order valence-corrected chi connectivity index (χ2v) is 3.64. The van der Waals surface area contributed by atoms with Crippen molar-refractivity contribution in [3.8, 4) is 0 Å². The number of aryl methyl sites for hydroxylation is 1. The van der Waals surface area contributed by atoms with Crippen LogP contribution in [0.3, 0.4) is 0 Å². The Balaban J connectivity index is 2.54. The highest BCUT2D eigenvalue weighted by Gasteiger charge is 2.30. The first-order valence-electron chi connectivity index (χ1n) is 4.70. The topological polar surface area (TPSA) is 20.2 Å². The maximum Gasteiger partial charge on any atom is 0.108 e. The van der Waals surface area contributed by atoms with E-state index in [1.54, 1.807) is 6.08 Å². The fraction of sp³-hybridized carbons (Fsp3) is 0.333. The summed E-state index contributed by atoms with van der Waals surface area (Å²) < 4.78 is 0. The predicted molar refractivity (Wildman–Crippen MR) is 53.5 cm³/mol. The van der Waals surface area contributed by atoms with Gasteiger partial charge in [0.1, 0.15) is 5.60 Å². The second-order valence-electron chi connectivity index (χ2n) is 3.64. The summed E-state index contributed by atoms with van der Waals surface area (Å²) in [6, 6.07) is 8.07. The van der Waals surface area contributed by atoms with E-state index in [0.29, 0.717) is 0 Å². The van der Waals surface area contributed by atoms with Gasteiger partial charge in [-0.1, -0.05) is 36.9 Å². The highest BCUT2D eigenvalue weighted by atomic mass is 16.3. The average Bonchev–Trinajstić information content (AvgIpc) is 2.19. The molecule has 1 atom stereocenters. The summed E-state index contributed by atoms with van der Waals surface area (Å²) in [5, 5.41) is 10.2. The highest BCUT2D eigenvalue weighted by Crippen LogP contribution is 2.35. The predicted octanol–water partition coefficient (Wildman–Crippen LogP) is 2.40. The van der Waals surface area contributed by atoms with E-state index in [2.05, 4.69) is 12.6 Å². The lowest BCUT2D eigenvalue weighted by atomic mass is 9.79. The van der Waals surface area contributed by atoms with E-state index in [-0.39, 0.29) is 0 Å². The molecule has 0 spiro atoms. The third-order valence-electron chi connectivity index (χ3n) is 2.83. The van der Waals surface area contributed by atoms with Crippen LogP contribution in [0.15, 0.2) is 36.9 Å². The number of hydrogen-bond donors (Lipinski definition) is 1. The van der Waals surface area contributed by atoms with Crippen molar-refractivity contribution in [2.45, 2.75) is 24.9 Å². The summed E-state index contributed by atoms with van der Waals surface area (Å²) in [7, 11) is 0. The zero-order valence-corrected chi connectivity index (χ0v) is 7.66. The molecule has 2 rings (SSSR count). The molecule has 1 aliphatic rings. The number of hydrogen-bond acceptors (Lipinski definition) is 1. The van der Waals surface area contributed by atoms with Crippen molar-refractivity contribution in [2.24, 2.45) is 0 Å². The summed E-state index contributed by atoms with van der Waals surface area (Å²) in [4.78, 5) is 0. The quantitative estimate of drug-likeness (QED) is 0.648. The van der Waals surface area contributed by atoms with Gasteiger partial charge in [-0.3, -0.25) is 0 Å². The summed E-state index contributed by atoms with van der Waals surface area (Å²) in [5.41, 5.74) is 1.52. The Morgan fingerprint density at radius 1 is 1.38 bits per heavy atom. The Bertz CT molecular complexity index is 330. The molecule has 1 aromatic rings. The molecule has 0 aromatic heterocycles. The zero-order chi connectivity index (χ0) is 9.31. The molecule has 0 saturated heterocycles. The normalized spacial score (nSPS) is 26.5. The van der Waals surface area contributed by atoms with Crippen LogP contribution in [0.1, 0.15) is 24.0 Å². The van der Waals surface area contributed by atoms with Crippen molar-refractivity contribution in [1.29, 1.82) is 0 Å². The van der Waals surface area contributed by atoms with E-state index < -0.39 is 5.60 Å². The first kappa shape index (κ1) is 8.52. The summed E-state index contributed by atoms with van der Waals surface area (Å²) in [6.07, 6.45) is 4.57. The van der Waals surface area contributed by atoms with Gasteiger partial charge in [0.15, 0.2) is 0 Å². The fourth-order valence-electron chi connectivity index (χ4n) is 2.06. The van der Waals surface area contributed by atoms with Gasteiger partial charge in [0.25, 0.3) is 0 Å². The van der Waals surface area contributed by atoms with Crippen molar-refractivity contribution >= 4 is 0 Å². The van der Waals surface area contributed by atoms with E-state index in [0.717, 1.165) is 24.8 Å². The minimum absolute atomic E-state index is 0.783. The van der Waals surface area contributed by atoms with Crippen LogP contribution in [0.5, 0.6) is 0 Å². The zero-order valence-electron chi connectivity index (χ0n) is 7.66. The van der Waals surface area contributed by atoms with Crippen LogP contribution in [0.25, 0.3) is 0 Å². The molecule has 0 amide bonds. The molecule has 0 radical (unpaired) electrons. The molecule has 0 bridgehead atoms. The van der Waals surface area contributed by atoms with Gasteiger partial charge in [0, 0.05) is 0 Å². The lowest BCUT2D eigenvalue weighted by Gasteiger charge is -2.31. The largest absolute Gasteiger partial charge is 0.381 e. The highest BCUT2D eigenvalue weighted by molar-refractivity contribution is 5.37. The maximum absolute atomic E-state index is 10.2. The van der Waals surface area contributed by atoms with E-state index >= 15 is 0 Å². The molecule has 1 N–H and O–H groups in total. The monoisotopic (exact) mass is 174 g/mol. The Morgan fingerprint density at radius 2 is 2.15 bits per heavy atom. The van der Waals surface area contributed by atoms with Gasteiger partial charge in [-0.15, -0.1) is 0 Å². The average molecular weight is 174 g/mol. The van der Waals surface area contributed by atoms with Crippen molar-refractivity contribution in [2.75, 3.05) is 0 Å². The Kier molecular flexibility index (Phi) is 1.97. The number of aliphatic hydroxyl groups is 1. The molecular weight excluding hydrogens is 160 g/mol. The number of benzene rings is 1. The van der Waals surface area contributed by atoms with Crippen LogP contribution in [0.2, 0.25) is 0 Å². The number of rotatable bonds is 1. The van der Waals surface area contributed by atoms with Crippen molar-refractivity contribution < 1.29 is 5.11 Å². The first-order chi connectivity index (χ1) is 6.26. The van der Waals surface area contributed by atoms with Crippen LogP contribution < -0.4 is 0 Å². The fourth-order valence-corrected chi connectivity index (χ4v) is 2.06. The van der Waals surface area contributed by atoms with Gasteiger partial charge < -0.3 is 5.11 Å². The van der Waals surface area contributed by atoms with Crippen molar-refractivity contribution in [1.82, 2.24) is 0 Å². The minimum atomic E-state index is -0.783. The van der Waals surface area contributed by atoms with E-state index in [1.807, 2.05) is 18.2 Å². The van der Waals surface area contributed by atoms with Crippen LogP contribution in [-0.2, 0) is 12.0 Å². The lowest BCUT2D eigenvalue weighted by Crippen LogP contribution is -2.27. The molecule has 0 aliphatic heterocycles. The van der Waals surface area contributed by atoms with Crippen molar-refractivity contribution in [3.63, 3.8) is 0 Å². The van der Waals surface area contributed by atoms with Gasteiger partial charge in [0.2, 0.25) is 0 Å². The molecule has 1 heteroatoms. The van der Waals surface area contributed by atoms with Crippen molar-refractivity contribution in [3.05, 3.63) is 48.0 Å². The molecule has 1 aromatic carbocycles. The molecule has 68 valence electrons. The Labute approximate surface area is 78.7 Å². The maximum atomic E-state index is 10.2. The summed E-state index contributed by atoms with van der Waals surface area (Å²) in [5.74, 6) is 0. The van der Waals surface area contributed by atoms with Gasteiger partial charge in [-0.2, -0.15) is 0 Å². The summed E-state index contributed by atoms with van der Waals surface area (Å²) in [6.45, 7) is 3.70. The molecule has 0 fully saturated rings. The standard InChI is InChI=1S/C12H14O/c1-2-12(13)9-5-7-10-6-3-4-8-11(10)12/h2-4,6,8,13H,1,5,7,9H2. The molecule has 0 heterocycles. The molecule has 1 aliphatic carbocycles. The van der Waals surface area contributed by atoms with E-state index in [4.69, 9.17) is 0 Å². The third kappa shape index (κ3) is 1.29. The van der Waals surface area contributed by atoms with Crippen LogP contribution in [-0.4, -0.2) is 5.11 Å². The first-order valence-corrected chi connectivity index (χ1v) is 4.70. The van der Waals surface area contributed by atoms with Gasteiger partial charge >= 0.3 is 0 Å². The molecular formula is C12H14O. The minimum Gasteiger partial charge on any atom is -0.381 e. The molecule has 0 saturated carbocycles. The Hall–Kier alpha value is -1.08. The summed E-state index contributed by atoms with van der Waals surface area (Å²) >= 11 is 0. The van der Waals surface area contributed by atoms with E-state index in [1.165, 1.54) is 5.56 Å². The molecule has 1 unspecified atom stereocenters. The van der Waals surface area contributed by atoms with Crippen LogP contribution >= 0.6 is 0 Å². The van der Waals surface area contributed by atoms with Crippen LogP contribution in [0, 0.1) is 0 Å². The molecule has 1 nitrogen and oxygen atoms in total. The van der Waals surface area contributed by atoms with Crippen LogP contribution in [0.4, 0.5) is 0 Å². The number of fused-ring (bicyclic) bond motifs is 1. The SMILES string of the molecule is C=CC1(O)CCCc2ccccc21. The lowest BCUT2D eigenvalue weighted by molar-refractivity contribution is 0.0703. The van der Waals surface area contributed by atoms with Gasteiger partial charge in [-0.25, -0.2) is 0 Å². The smallest absolute Gasteiger partial charge is 0.108 e. The third-order valence-corrected chi connectivity index (χ3v) is 2.83. The second kappa shape index (κ2) is 3.00. The van der Waals surface area contributed by atoms with Gasteiger partial charge in [-0.05, 0) is 30.4 Å². The van der Waals surface area contributed by atoms with E-state index in [9.17, 15) is 5.11 Å². The Morgan fingerprint density at radius 3 is 2.92 bits per heavy atom.